The maximum atomic E-state index is 10.7. The van der Waals surface area contributed by atoms with Crippen LogP contribution in [0.1, 0.15) is 32.6 Å². The summed E-state index contributed by atoms with van der Waals surface area (Å²) >= 11 is 0. The monoisotopic (exact) mass is 206 g/mol. The first-order chi connectivity index (χ1) is 6.12. The Morgan fingerprint density at radius 2 is 2.08 bits per heavy atom. The molecule has 0 bridgehead atoms. The van der Waals surface area contributed by atoms with Crippen LogP contribution in [0.3, 0.4) is 0 Å². The lowest BCUT2D eigenvalue weighted by Gasteiger charge is -1.97. The van der Waals surface area contributed by atoms with E-state index in [1.54, 1.807) is 0 Å². The summed E-state index contributed by atoms with van der Waals surface area (Å²) in [6, 6.07) is 0. The van der Waals surface area contributed by atoms with E-state index in [-0.39, 0.29) is 6.61 Å². The predicted octanol–water partition coefficient (Wildman–Crippen LogP) is 1.17. The van der Waals surface area contributed by atoms with Crippen molar-refractivity contribution in [2.24, 2.45) is 0 Å². The Morgan fingerprint density at radius 3 is 2.62 bits per heavy atom. The van der Waals surface area contributed by atoms with Crippen molar-refractivity contribution in [3.05, 3.63) is 5.53 Å². The number of unbranched alkanes of at least 4 members (excludes halogenated alkanes) is 3. The van der Waals surface area contributed by atoms with Crippen molar-refractivity contribution >= 4 is 15.7 Å². The van der Waals surface area contributed by atoms with Crippen molar-refractivity contribution in [3.8, 4) is 0 Å². The van der Waals surface area contributed by atoms with Gasteiger partial charge in [-0.15, -0.1) is 0 Å². The van der Waals surface area contributed by atoms with Gasteiger partial charge < -0.3 is 5.53 Å². The molecule has 76 valence electrons. The first-order valence-corrected chi connectivity index (χ1v) is 5.66. The SMILES string of the molecule is CCCCCCOS(=O)(=O)C=[N+]=[N-]. The summed E-state index contributed by atoms with van der Waals surface area (Å²) in [6.07, 6.45) is 3.80. The summed E-state index contributed by atoms with van der Waals surface area (Å²) in [5, 5.41) is 0. The van der Waals surface area contributed by atoms with Gasteiger partial charge in [-0.05, 0) is 6.42 Å². The highest BCUT2D eigenvalue weighted by Crippen LogP contribution is 2.00. The second-order valence-electron chi connectivity index (χ2n) is 2.60. The molecule has 6 heteroatoms. The van der Waals surface area contributed by atoms with Gasteiger partial charge in [0.25, 0.3) is 0 Å². The number of nitrogens with zero attached hydrogens (tertiary/aromatic N) is 2. The molecule has 0 fully saturated rings. The van der Waals surface area contributed by atoms with Crippen LogP contribution in [0.15, 0.2) is 0 Å². The quantitative estimate of drug-likeness (QED) is 0.157. The largest absolute Gasteiger partial charge is 0.396 e. The first kappa shape index (κ1) is 12.3. The topological polar surface area (TPSA) is 79.8 Å². The second kappa shape index (κ2) is 6.77. The smallest absolute Gasteiger partial charge is 0.361 e. The fourth-order valence-corrected chi connectivity index (χ4v) is 1.32. The lowest BCUT2D eigenvalue weighted by atomic mass is 10.2. The molecule has 0 radical (unpaired) electrons. The lowest BCUT2D eigenvalue weighted by Crippen LogP contribution is -2.08. The van der Waals surface area contributed by atoms with Gasteiger partial charge in [-0.3, -0.25) is 4.18 Å². The van der Waals surface area contributed by atoms with E-state index >= 15 is 0 Å². The molecule has 0 atom stereocenters. The molecule has 0 heterocycles. The van der Waals surface area contributed by atoms with Gasteiger partial charge in [-0.1, -0.05) is 26.2 Å². The maximum Gasteiger partial charge on any atom is 0.396 e. The summed E-state index contributed by atoms with van der Waals surface area (Å²) in [7, 11) is -3.76. The van der Waals surface area contributed by atoms with E-state index in [1.165, 1.54) is 0 Å². The Balaban J connectivity index is 3.59. The van der Waals surface area contributed by atoms with Gasteiger partial charge in [0.1, 0.15) is 0 Å². The Bertz CT molecular complexity index is 267. The van der Waals surface area contributed by atoms with Crippen LogP contribution in [-0.4, -0.2) is 25.4 Å². The Hall–Kier alpha value is -0.710. The average molecular weight is 206 g/mol. The fraction of sp³-hybridized carbons (Fsp3) is 0.857. The van der Waals surface area contributed by atoms with E-state index in [9.17, 15) is 8.42 Å². The molecule has 0 aliphatic rings. The van der Waals surface area contributed by atoms with Crippen molar-refractivity contribution in [1.82, 2.24) is 0 Å². The van der Waals surface area contributed by atoms with Crippen LogP contribution in [0, 0.1) is 0 Å². The van der Waals surface area contributed by atoms with Gasteiger partial charge in [0.15, 0.2) is 0 Å². The maximum absolute atomic E-state index is 10.7. The molecule has 0 aromatic rings. The van der Waals surface area contributed by atoms with E-state index in [0.29, 0.717) is 12.0 Å². The average Bonchev–Trinajstić information content (AvgIpc) is 2.04. The van der Waals surface area contributed by atoms with E-state index in [0.717, 1.165) is 19.3 Å². The molecule has 13 heavy (non-hydrogen) atoms. The number of hydrogen-bond acceptors (Lipinski definition) is 3. The molecule has 5 nitrogen and oxygen atoms in total. The molecule has 0 unspecified atom stereocenters. The van der Waals surface area contributed by atoms with Gasteiger partial charge in [-0.2, -0.15) is 13.2 Å². The summed E-state index contributed by atoms with van der Waals surface area (Å²) in [5.41, 5.74) is 8.33. The zero-order chi connectivity index (χ0) is 10.2. The highest BCUT2D eigenvalue weighted by molar-refractivity contribution is 8.00. The molecular weight excluding hydrogens is 192 g/mol. The first-order valence-electron chi connectivity index (χ1n) is 4.19. The minimum Gasteiger partial charge on any atom is -0.361 e. The lowest BCUT2D eigenvalue weighted by molar-refractivity contribution is 0.00659. The molecule has 0 spiro atoms. The summed E-state index contributed by atoms with van der Waals surface area (Å²) in [5.74, 6) is 0. The minimum atomic E-state index is -3.76. The Morgan fingerprint density at radius 1 is 1.38 bits per heavy atom. The Labute approximate surface area is 78.5 Å². The zero-order valence-electron chi connectivity index (χ0n) is 7.64. The van der Waals surface area contributed by atoms with Gasteiger partial charge >= 0.3 is 15.7 Å². The molecule has 0 aliphatic heterocycles. The van der Waals surface area contributed by atoms with Crippen LogP contribution in [-0.2, 0) is 14.3 Å². The molecule has 0 rings (SSSR count). The van der Waals surface area contributed by atoms with Crippen molar-refractivity contribution in [2.75, 3.05) is 6.61 Å². The highest BCUT2D eigenvalue weighted by atomic mass is 32.2. The van der Waals surface area contributed by atoms with Gasteiger partial charge in [0.2, 0.25) is 0 Å². The van der Waals surface area contributed by atoms with Gasteiger partial charge in [0, 0.05) is 0 Å². The third-order valence-electron chi connectivity index (χ3n) is 1.42. The molecular formula is C7H14N2O3S. The van der Waals surface area contributed by atoms with E-state index in [1.807, 2.05) is 0 Å². The van der Waals surface area contributed by atoms with Gasteiger partial charge in [-0.25, -0.2) is 0 Å². The van der Waals surface area contributed by atoms with Crippen molar-refractivity contribution in [2.45, 2.75) is 32.6 Å². The van der Waals surface area contributed by atoms with Crippen molar-refractivity contribution in [3.63, 3.8) is 0 Å². The molecule has 0 aliphatic carbocycles. The Kier molecular flexibility index (Phi) is 6.40. The number of hydrogen-bond donors (Lipinski definition) is 0. The van der Waals surface area contributed by atoms with Crippen LogP contribution in [0.5, 0.6) is 0 Å². The molecule has 0 N–H and O–H groups in total. The zero-order valence-corrected chi connectivity index (χ0v) is 8.46. The highest BCUT2D eigenvalue weighted by Gasteiger charge is 2.11. The van der Waals surface area contributed by atoms with Crippen molar-refractivity contribution < 1.29 is 17.4 Å². The molecule has 0 aromatic carbocycles. The molecule has 0 saturated heterocycles. The van der Waals surface area contributed by atoms with Crippen LogP contribution >= 0.6 is 0 Å². The summed E-state index contributed by atoms with van der Waals surface area (Å²) in [6.45, 7) is 2.21. The third-order valence-corrected chi connectivity index (χ3v) is 2.27. The molecule has 0 amide bonds. The second-order valence-corrected chi connectivity index (χ2v) is 4.03. The number of rotatable bonds is 7. The van der Waals surface area contributed by atoms with E-state index < -0.39 is 10.1 Å². The van der Waals surface area contributed by atoms with Gasteiger partial charge in [0.05, 0.1) is 6.61 Å². The van der Waals surface area contributed by atoms with E-state index in [4.69, 9.17) is 5.53 Å². The van der Waals surface area contributed by atoms with E-state index in [2.05, 4.69) is 15.9 Å². The normalized spacial score (nSPS) is 10.8. The summed E-state index contributed by atoms with van der Waals surface area (Å²) < 4.78 is 25.9. The minimum absolute atomic E-state index is 0.147. The molecule has 0 aromatic heterocycles. The fourth-order valence-electron chi connectivity index (χ4n) is 0.792. The van der Waals surface area contributed by atoms with Crippen LogP contribution < -0.4 is 0 Å². The van der Waals surface area contributed by atoms with Crippen LogP contribution in [0.25, 0.3) is 5.53 Å². The predicted molar refractivity (Wildman–Crippen MR) is 48.7 cm³/mol. The molecule has 0 saturated carbocycles. The third kappa shape index (κ3) is 7.64. The van der Waals surface area contributed by atoms with Crippen LogP contribution in [0.2, 0.25) is 0 Å². The van der Waals surface area contributed by atoms with Crippen LogP contribution in [0.4, 0.5) is 0 Å². The summed E-state index contributed by atoms with van der Waals surface area (Å²) in [4.78, 5) is 2.38. The standard InChI is InChI=1S/C7H14N2O3S/c1-2-3-4-5-6-12-13(10,11)7-9-8/h7H,2-6H2,1H3. The van der Waals surface area contributed by atoms with Crippen molar-refractivity contribution in [1.29, 1.82) is 0 Å².